The molecule has 3 saturated heterocycles. The van der Waals surface area contributed by atoms with Crippen LogP contribution in [-0.2, 0) is 9.63 Å². The molecule has 1 amide bonds. The fourth-order valence-electron chi connectivity index (χ4n) is 6.24. The molecular weight excluding hydrogens is 532 g/mol. The molecule has 216 valence electrons. The lowest BCUT2D eigenvalue weighted by molar-refractivity contribution is -0.111. The predicted molar refractivity (Wildman–Crippen MR) is 161 cm³/mol. The van der Waals surface area contributed by atoms with E-state index in [1.165, 1.54) is 18.8 Å². The van der Waals surface area contributed by atoms with E-state index in [1.54, 1.807) is 24.3 Å². The van der Waals surface area contributed by atoms with Gasteiger partial charge in [0.1, 0.15) is 17.9 Å². The van der Waals surface area contributed by atoms with Crippen molar-refractivity contribution < 1.29 is 14.4 Å². The number of amides is 1. The van der Waals surface area contributed by atoms with Gasteiger partial charge in [-0.15, -0.1) is 0 Å². The summed E-state index contributed by atoms with van der Waals surface area (Å²) >= 11 is 0. The summed E-state index contributed by atoms with van der Waals surface area (Å²) in [6.45, 7) is 7.08. The number of nitriles is 1. The molecular formula is C31H34N8O3. The molecule has 0 unspecified atom stereocenters. The number of aromatic nitrogens is 2. The van der Waals surface area contributed by atoms with Gasteiger partial charge in [0.2, 0.25) is 5.91 Å². The van der Waals surface area contributed by atoms with Crippen LogP contribution < -0.4 is 25.3 Å². The van der Waals surface area contributed by atoms with Crippen LogP contribution in [0.3, 0.4) is 0 Å². The first-order valence-electron chi connectivity index (χ1n) is 14.1. The van der Waals surface area contributed by atoms with Gasteiger partial charge in [-0.2, -0.15) is 5.26 Å². The highest BCUT2D eigenvalue weighted by atomic mass is 16.7. The van der Waals surface area contributed by atoms with Crippen LogP contribution in [0.5, 0.6) is 5.75 Å². The van der Waals surface area contributed by atoms with Crippen LogP contribution in [0.2, 0.25) is 0 Å². The standard InChI is InChI=1S/C31H34N8O3/c1-4-31(40)36-23-13-24(28(41-3)14-26(23)38-17-22-8-10-37(2)27(22)18-38)35-29-15-30(34-19-33-29)39-25(9-11-42-39)21-7-5-6-20(12-21)16-32/h4-7,12-15,19,22,25,27H,1,8-11,17-18H2,2-3H3,(H,36,40)(H,33,34,35)/t22-,25-,27+/m1/s1. The molecule has 0 aliphatic carbocycles. The summed E-state index contributed by atoms with van der Waals surface area (Å²) in [4.78, 5) is 32.0. The maximum Gasteiger partial charge on any atom is 0.247 e. The highest BCUT2D eigenvalue weighted by Gasteiger charge is 2.40. The van der Waals surface area contributed by atoms with Gasteiger partial charge >= 0.3 is 0 Å². The quantitative estimate of drug-likeness (QED) is 0.383. The highest BCUT2D eigenvalue weighted by Crippen LogP contribution is 2.42. The van der Waals surface area contributed by atoms with Crippen molar-refractivity contribution in [3.05, 3.63) is 72.6 Å². The predicted octanol–water partition coefficient (Wildman–Crippen LogP) is 4.25. The Morgan fingerprint density at radius 1 is 1.19 bits per heavy atom. The number of carbonyl (C=O) groups is 1. The summed E-state index contributed by atoms with van der Waals surface area (Å²) in [6.07, 6.45) is 4.67. The number of anilines is 5. The number of nitrogens with one attached hydrogen (secondary N) is 2. The monoisotopic (exact) mass is 566 g/mol. The van der Waals surface area contributed by atoms with Crippen molar-refractivity contribution in [3.8, 4) is 11.8 Å². The number of nitrogens with zero attached hydrogens (tertiary/aromatic N) is 6. The third kappa shape index (κ3) is 5.34. The van der Waals surface area contributed by atoms with Crippen molar-refractivity contribution >= 4 is 34.6 Å². The van der Waals surface area contributed by atoms with Crippen LogP contribution >= 0.6 is 0 Å². The number of carbonyl (C=O) groups excluding carboxylic acids is 1. The fourth-order valence-corrected chi connectivity index (χ4v) is 6.24. The minimum Gasteiger partial charge on any atom is -0.494 e. The molecule has 42 heavy (non-hydrogen) atoms. The second-order valence-electron chi connectivity index (χ2n) is 10.9. The van der Waals surface area contributed by atoms with E-state index >= 15 is 0 Å². The first kappa shape index (κ1) is 27.5. The summed E-state index contributed by atoms with van der Waals surface area (Å²) in [5, 5.41) is 17.5. The summed E-state index contributed by atoms with van der Waals surface area (Å²) in [5.41, 5.74) is 3.80. The average Bonchev–Trinajstić information content (AvgIpc) is 3.75. The number of fused-ring (bicyclic) bond motifs is 1. The van der Waals surface area contributed by atoms with E-state index in [-0.39, 0.29) is 11.9 Å². The molecule has 3 fully saturated rings. The first-order valence-corrected chi connectivity index (χ1v) is 14.1. The Balaban J connectivity index is 1.29. The lowest BCUT2D eigenvalue weighted by Crippen LogP contribution is -2.32. The Hall–Kier alpha value is -4.66. The topological polar surface area (TPSA) is 119 Å². The molecule has 3 aliphatic rings. The molecule has 11 nitrogen and oxygen atoms in total. The van der Waals surface area contributed by atoms with Crippen LogP contribution in [0.25, 0.3) is 0 Å². The minimum absolute atomic E-state index is 0.0883. The second-order valence-corrected chi connectivity index (χ2v) is 10.9. The summed E-state index contributed by atoms with van der Waals surface area (Å²) in [5.74, 6) is 2.05. The molecule has 0 bridgehead atoms. The Labute approximate surface area is 245 Å². The number of methoxy groups -OCH3 is 1. The van der Waals surface area contributed by atoms with E-state index < -0.39 is 0 Å². The van der Waals surface area contributed by atoms with Gasteiger partial charge in [-0.3, -0.25) is 9.63 Å². The number of ether oxygens (including phenoxy) is 1. The zero-order valence-corrected chi connectivity index (χ0v) is 23.8. The Bertz CT molecular complexity index is 1540. The smallest absolute Gasteiger partial charge is 0.247 e. The fraction of sp³-hybridized carbons (Fsp3) is 0.355. The zero-order valence-electron chi connectivity index (χ0n) is 23.8. The van der Waals surface area contributed by atoms with E-state index in [0.29, 0.717) is 52.9 Å². The van der Waals surface area contributed by atoms with E-state index in [0.717, 1.165) is 37.3 Å². The van der Waals surface area contributed by atoms with Crippen molar-refractivity contribution in [3.63, 3.8) is 0 Å². The van der Waals surface area contributed by atoms with Crippen LogP contribution in [0.15, 0.2) is 61.4 Å². The van der Waals surface area contributed by atoms with Crippen molar-refractivity contribution in [1.82, 2.24) is 14.9 Å². The van der Waals surface area contributed by atoms with Crippen LogP contribution in [0, 0.1) is 17.2 Å². The Kier molecular flexibility index (Phi) is 7.65. The lowest BCUT2D eigenvalue weighted by atomic mass is 10.0. The van der Waals surface area contributed by atoms with Crippen molar-refractivity contribution in [2.75, 3.05) is 61.0 Å². The molecule has 3 atom stereocenters. The van der Waals surface area contributed by atoms with Gasteiger partial charge < -0.3 is 25.2 Å². The minimum atomic E-state index is -0.286. The van der Waals surface area contributed by atoms with Crippen molar-refractivity contribution in [2.45, 2.75) is 24.9 Å². The molecule has 6 rings (SSSR count). The van der Waals surface area contributed by atoms with E-state index in [1.807, 2.05) is 30.3 Å². The summed E-state index contributed by atoms with van der Waals surface area (Å²) in [7, 11) is 3.80. The Morgan fingerprint density at radius 3 is 2.86 bits per heavy atom. The van der Waals surface area contributed by atoms with Gasteiger partial charge in [0.05, 0.1) is 48.5 Å². The first-order chi connectivity index (χ1) is 20.5. The lowest BCUT2D eigenvalue weighted by Gasteiger charge is -2.26. The maximum absolute atomic E-state index is 12.4. The number of rotatable bonds is 8. The summed E-state index contributed by atoms with van der Waals surface area (Å²) in [6, 6.07) is 15.8. The summed E-state index contributed by atoms with van der Waals surface area (Å²) < 4.78 is 5.81. The number of hydrogen-bond acceptors (Lipinski definition) is 10. The van der Waals surface area contributed by atoms with Crippen LogP contribution in [0.4, 0.5) is 28.7 Å². The molecule has 3 aliphatic heterocycles. The third-order valence-electron chi connectivity index (χ3n) is 8.37. The molecule has 3 aromatic rings. The highest BCUT2D eigenvalue weighted by molar-refractivity contribution is 6.02. The van der Waals surface area contributed by atoms with Gasteiger partial charge in [-0.25, -0.2) is 15.0 Å². The molecule has 2 N–H and O–H groups in total. The largest absolute Gasteiger partial charge is 0.494 e. The number of likely N-dealkylation sites (tertiary alicyclic amines) is 1. The third-order valence-corrected chi connectivity index (χ3v) is 8.37. The average molecular weight is 567 g/mol. The Morgan fingerprint density at radius 2 is 2.07 bits per heavy atom. The van der Waals surface area contributed by atoms with Gasteiger partial charge in [0, 0.05) is 37.7 Å². The normalized spacial score (nSPS) is 21.6. The number of benzene rings is 2. The van der Waals surface area contributed by atoms with E-state index in [4.69, 9.17) is 9.57 Å². The molecule has 0 saturated carbocycles. The molecule has 4 heterocycles. The van der Waals surface area contributed by atoms with E-state index in [2.05, 4.69) is 50.1 Å². The molecule has 0 radical (unpaired) electrons. The van der Waals surface area contributed by atoms with Gasteiger partial charge in [0.25, 0.3) is 0 Å². The van der Waals surface area contributed by atoms with E-state index in [9.17, 15) is 10.1 Å². The van der Waals surface area contributed by atoms with Gasteiger partial charge in [-0.1, -0.05) is 18.7 Å². The molecule has 1 aromatic heterocycles. The van der Waals surface area contributed by atoms with Crippen LogP contribution in [0.1, 0.15) is 30.0 Å². The van der Waals surface area contributed by atoms with Crippen molar-refractivity contribution in [1.29, 1.82) is 5.26 Å². The number of hydrogen-bond donors (Lipinski definition) is 2. The maximum atomic E-state index is 12.4. The SMILES string of the molecule is C=CC(=O)Nc1cc(Nc2cc(N3OCC[C@@H]3c3cccc(C#N)c3)ncn2)c(OC)cc1N1C[C@H]2CCN(C)[C@H]2C1. The molecule has 0 spiro atoms. The van der Waals surface area contributed by atoms with Crippen LogP contribution in [-0.4, -0.2) is 67.2 Å². The van der Waals surface area contributed by atoms with Gasteiger partial charge in [0.15, 0.2) is 5.82 Å². The number of hydroxylamine groups is 1. The molecule has 2 aromatic carbocycles. The number of likely N-dealkylation sites (N-methyl/N-ethyl adjacent to an activating group) is 1. The van der Waals surface area contributed by atoms with Crippen molar-refractivity contribution in [2.24, 2.45) is 5.92 Å². The van der Waals surface area contributed by atoms with Gasteiger partial charge in [-0.05, 0) is 55.8 Å². The zero-order chi connectivity index (χ0) is 29.2. The molecule has 11 heteroatoms. The second kappa shape index (κ2) is 11.7.